The van der Waals surface area contributed by atoms with Gasteiger partial charge in [0.15, 0.2) is 11.8 Å². The Hall–Kier alpha value is -3.91. The number of carboxylic acid groups (broad SMARTS) is 1. The Morgan fingerprint density at radius 1 is 1.05 bits per heavy atom. The first-order chi connectivity index (χ1) is 18.2. The molecule has 1 heterocycles. The molecule has 210 valence electrons. The number of carbonyl (C=O) groups is 2. The molecule has 0 radical (unpaired) electrons. The second kappa shape index (κ2) is 16.0. The van der Waals surface area contributed by atoms with Gasteiger partial charge in [0, 0.05) is 6.54 Å². The Morgan fingerprint density at radius 3 is 2.42 bits per heavy atom. The van der Waals surface area contributed by atoms with E-state index >= 15 is 0 Å². The minimum atomic E-state index is -1.15. The molecular weight excluding hydrogens is 494 g/mol. The Morgan fingerprint density at radius 2 is 1.76 bits per heavy atom. The molecule has 14 nitrogen and oxygen atoms in total. The van der Waals surface area contributed by atoms with Gasteiger partial charge in [-0.25, -0.2) is 9.59 Å². The number of benzene rings is 1. The van der Waals surface area contributed by atoms with Crippen LogP contribution in [0, 0.1) is 5.41 Å². The van der Waals surface area contributed by atoms with Gasteiger partial charge in [-0.05, 0) is 75.6 Å². The van der Waals surface area contributed by atoms with Gasteiger partial charge in [0.1, 0.15) is 17.8 Å². The first-order valence-electron chi connectivity index (χ1n) is 12.6. The van der Waals surface area contributed by atoms with Gasteiger partial charge in [-0.2, -0.15) is 4.98 Å². The van der Waals surface area contributed by atoms with Crippen LogP contribution in [0.3, 0.4) is 0 Å². The molecule has 14 heteroatoms. The van der Waals surface area contributed by atoms with Gasteiger partial charge in [-0.3, -0.25) is 5.41 Å². The van der Waals surface area contributed by atoms with Crippen LogP contribution >= 0.6 is 0 Å². The lowest BCUT2D eigenvalue weighted by atomic mass is 10.1. The van der Waals surface area contributed by atoms with E-state index in [1.165, 1.54) is 0 Å². The summed E-state index contributed by atoms with van der Waals surface area (Å²) >= 11 is 0. The number of carboxylic acids is 1. The van der Waals surface area contributed by atoms with E-state index in [0.29, 0.717) is 57.4 Å². The number of aromatic nitrogens is 2. The number of guanidine groups is 1. The van der Waals surface area contributed by atoms with Crippen LogP contribution in [0.5, 0.6) is 5.75 Å². The Bertz CT molecular complexity index is 1010. The van der Waals surface area contributed by atoms with E-state index in [2.05, 4.69) is 26.1 Å². The van der Waals surface area contributed by atoms with Crippen molar-refractivity contribution in [1.82, 2.24) is 26.1 Å². The third kappa shape index (κ3) is 11.0. The van der Waals surface area contributed by atoms with E-state index in [1.54, 1.807) is 12.1 Å². The van der Waals surface area contributed by atoms with Gasteiger partial charge < -0.3 is 47.9 Å². The number of urea groups is 1. The monoisotopic (exact) mass is 533 g/mol. The van der Waals surface area contributed by atoms with Gasteiger partial charge in [0.25, 0.3) is 0 Å². The van der Waals surface area contributed by atoms with Gasteiger partial charge >= 0.3 is 12.0 Å². The lowest BCUT2D eigenvalue weighted by molar-refractivity contribution is -0.139. The minimum absolute atomic E-state index is 0.152. The lowest BCUT2D eigenvalue weighted by Crippen LogP contribution is -2.47. The van der Waals surface area contributed by atoms with Crippen molar-refractivity contribution in [2.24, 2.45) is 17.2 Å². The standard InChI is InChI=1S/C24H39N9O5/c25-13-3-1-5-18(30-24(37)31-19(22(35)36)6-2-4-14-29-23(27)28)21-32-20(33-38-21)17(26)12-9-15-7-10-16(34)11-8-15/h7-8,10-11,17-19,34H,1-6,9,12-14,25-26H2,(H,35,36)(H4,27,28,29)(H2,30,31,37)/t17-,18?,19-/m0/s1. The largest absolute Gasteiger partial charge is 0.508 e. The zero-order valence-corrected chi connectivity index (χ0v) is 21.4. The molecule has 0 saturated heterocycles. The van der Waals surface area contributed by atoms with Crippen molar-refractivity contribution in [1.29, 1.82) is 5.41 Å². The molecule has 0 saturated carbocycles. The van der Waals surface area contributed by atoms with E-state index in [0.717, 1.165) is 12.0 Å². The van der Waals surface area contributed by atoms with Crippen molar-refractivity contribution in [2.75, 3.05) is 13.1 Å². The fourth-order valence-corrected chi connectivity index (χ4v) is 3.72. The number of hydrogen-bond acceptors (Lipinski definition) is 9. The van der Waals surface area contributed by atoms with Crippen LogP contribution in [-0.4, -0.2) is 57.4 Å². The molecule has 0 aliphatic rings. The van der Waals surface area contributed by atoms with Crippen molar-refractivity contribution in [3.05, 3.63) is 41.5 Å². The molecule has 0 aliphatic carbocycles. The third-order valence-electron chi connectivity index (χ3n) is 5.86. The van der Waals surface area contributed by atoms with Gasteiger partial charge in [-0.1, -0.05) is 17.3 Å². The fraction of sp³-hybridized carbons (Fsp3) is 0.542. The average Bonchev–Trinajstić information content (AvgIpc) is 3.37. The van der Waals surface area contributed by atoms with Crippen LogP contribution in [0.25, 0.3) is 0 Å². The van der Waals surface area contributed by atoms with Crippen molar-refractivity contribution in [2.45, 2.75) is 69.5 Å². The summed E-state index contributed by atoms with van der Waals surface area (Å²) in [5.41, 5.74) is 18.1. The summed E-state index contributed by atoms with van der Waals surface area (Å²) < 4.78 is 5.41. The van der Waals surface area contributed by atoms with Crippen LogP contribution in [0.1, 0.15) is 74.3 Å². The van der Waals surface area contributed by atoms with Gasteiger partial charge in [0.05, 0.1) is 6.04 Å². The average molecular weight is 534 g/mol. The van der Waals surface area contributed by atoms with E-state index in [1.807, 2.05) is 12.1 Å². The van der Waals surface area contributed by atoms with E-state index in [9.17, 15) is 19.8 Å². The third-order valence-corrected chi connectivity index (χ3v) is 5.86. The maximum Gasteiger partial charge on any atom is 0.326 e. The summed E-state index contributed by atoms with van der Waals surface area (Å²) in [6, 6.07) is 3.92. The van der Waals surface area contributed by atoms with Crippen molar-refractivity contribution >= 4 is 18.0 Å². The highest BCUT2D eigenvalue weighted by molar-refractivity contribution is 5.82. The quantitative estimate of drug-likeness (QED) is 0.0787. The molecule has 38 heavy (non-hydrogen) atoms. The topological polar surface area (TPSA) is 252 Å². The number of aliphatic carboxylic acids is 1. The molecule has 0 aliphatic heterocycles. The van der Waals surface area contributed by atoms with Crippen LogP contribution in [0.15, 0.2) is 28.8 Å². The summed E-state index contributed by atoms with van der Waals surface area (Å²) in [6.45, 7) is 0.920. The van der Waals surface area contributed by atoms with Crippen molar-refractivity contribution in [3.8, 4) is 5.75 Å². The lowest BCUT2D eigenvalue weighted by Gasteiger charge is -2.19. The summed E-state index contributed by atoms with van der Waals surface area (Å²) in [5.74, 6) is -0.643. The van der Waals surface area contributed by atoms with E-state index < -0.39 is 30.1 Å². The number of nitrogens with two attached hydrogens (primary N) is 3. The van der Waals surface area contributed by atoms with Crippen LogP contribution in [0.2, 0.25) is 0 Å². The predicted octanol–water partition coefficient (Wildman–Crippen LogP) is 0.984. The number of unbranched alkanes of at least 4 members (excludes halogenated alkanes) is 2. The second-order valence-corrected chi connectivity index (χ2v) is 8.98. The molecule has 2 rings (SSSR count). The first-order valence-corrected chi connectivity index (χ1v) is 12.6. The molecule has 0 fully saturated rings. The molecule has 12 N–H and O–H groups in total. The SMILES string of the molecule is N=C(N)NCCCC[C@H](NC(=O)NC(CCCCN)c1nc([C@@H](N)CCc2ccc(O)cc2)no1)C(=O)O. The van der Waals surface area contributed by atoms with E-state index in [4.69, 9.17) is 27.1 Å². The molecular formula is C24H39N9O5. The highest BCUT2D eigenvalue weighted by Gasteiger charge is 2.25. The number of amides is 2. The number of aromatic hydroxyl groups is 1. The van der Waals surface area contributed by atoms with Gasteiger partial charge in [0.2, 0.25) is 5.89 Å². The summed E-state index contributed by atoms with van der Waals surface area (Å²) in [7, 11) is 0. The number of rotatable bonds is 17. The number of aryl methyl sites for hydroxylation is 1. The summed E-state index contributed by atoms with van der Waals surface area (Å²) in [4.78, 5) is 28.7. The Labute approximate surface area is 221 Å². The van der Waals surface area contributed by atoms with Crippen molar-refractivity contribution < 1.29 is 24.3 Å². The van der Waals surface area contributed by atoms with Crippen molar-refractivity contribution in [3.63, 3.8) is 0 Å². The molecule has 3 atom stereocenters. The highest BCUT2D eigenvalue weighted by Crippen LogP contribution is 2.21. The number of phenolic OH excluding ortho intramolecular Hbond substituents is 1. The van der Waals surface area contributed by atoms with Crippen LogP contribution in [0.4, 0.5) is 4.79 Å². The Kier molecular flexibility index (Phi) is 12.8. The summed E-state index contributed by atoms with van der Waals surface area (Å²) in [5, 5.41) is 37.9. The molecule has 0 bridgehead atoms. The number of nitrogens with one attached hydrogen (secondary N) is 4. The number of hydrogen-bond donors (Lipinski definition) is 9. The smallest absolute Gasteiger partial charge is 0.326 e. The molecule has 1 aromatic heterocycles. The highest BCUT2D eigenvalue weighted by atomic mass is 16.5. The summed E-state index contributed by atoms with van der Waals surface area (Å²) in [6.07, 6.45) is 4.35. The van der Waals surface area contributed by atoms with Crippen LogP contribution in [-0.2, 0) is 11.2 Å². The van der Waals surface area contributed by atoms with E-state index in [-0.39, 0.29) is 24.0 Å². The fourth-order valence-electron chi connectivity index (χ4n) is 3.72. The maximum absolute atomic E-state index is 12.7. The van der Waals surface area contributed by atoms with Gasteiger partial charge in [-0.15, -0.1) is 0 Å². The van der Waals surface area contributed by atoms with Crippen LogP contribution < -0.4 is 33.2 Å². The zero-order valence-electron chi connectivity index (χ0n) is 21.4. The molecule has 1 unspecified atom stereocenters. The molecule has 2 amide bonds. The minimum Gasteiger partial charge on any atom is -0.508 e. The number of carbonyl (C=O) groups excluding carboxylic acids is 1. The molecule has 1 aromatic carbocycles. The normalized spacial score (nSPS) is 13.3. The zero-order chi connectivity index (χ0) is 27.9. The second-order valence-electron chi connectivity index (χ2n) is 8.98. The maximum atomic E-state index is 12.7. The molecule has 2 aromatic rings. The Balaban J connectivity index is 1.96. The number of nitrogens with zero attached hydrogens (tertiary/aromatic N) is 2. The predicted molar refractivity (Wildman–Crippen MR) is 140 cm³/mol. The first kappa shape index (κ1) is 30.3. The molecule has 0 spiro atoms. The number of phenols is 1.